The standard InChI is InChI=1S/C10H20N2S2/c1-9(2,3)11-7(13)8(14)12-10(4,5)6/h1-6H3,(H,11,13)(H,12,14). The lowest BCUT2D eigenvalue weighted by molar-refractivity contribution is 0.505. The Morgan fingerprint density at radius 3 is 1.07 bits per heavy atom. The first-order valence-corrected chi connectivity index (χ1v) is 5.47. The average molecular weight is 232 g/mol. The van der Waals surface area contributed by atoms with Crippen LogP contribution in [0.5, 0.6) is 0 Å². The molecule has 14 heavy (non-hydrogen) atoms. The fourth-order valence-electron chi connectivity index (χ4n) is 0.795. The van der Waals surface area contributed by atoms with Crippen LogP contribution >= 0.6 is 24.4 Å². The topological polar surface area (TPSA) is 24.1 Å². The molecule has 2 N–H and O–H groups in total. The Morgan fingerprint density at radius 1 is 0.714 bits per heavy atom. The highest BCUT2D eigenvalue weighted by Crippen LogP contribution is 2.02. The van der Waals surface area contributed by atoms with Gasteiger partial charge in [-0.15, -0.1) is 0 Å². The van der Waals surface area contributed by atoms with Crippen LogP contribution in [0.4, 0.5) is 0 Å². The van der Waals surface area contributed by atoms with Crippen LogP contribution < -0.4 is 10.6 Å². The van der Waals surface area contributed by atoms with Gasteiger partial charge in [-0.1, -0.05) is 24.4 Å². The van der Waals surface area contributed by atoms with Gasteiger partial charge in [0, 0.05) is 11.1 Å². The van der Waals surface area contributed by atoms with Crippen molar-refractivity contribution in [1.29, 1.82) is 0 Å². The van der Waals surface area contributed by atoms with Crippen molar-refractivity contribution < 1.29 is 0 Å². The predicted octanol–water partition coefficient (Wildman–Crippen LogP) is 2.42. The molecule has 0 unspecified atom stereocenters. The minimum atomic E-state index is -0.0410. The van der Waals surface area contributed by atoms with Gasteiger partial charge < -0.3 is 10.6 Å². The van der Waals surface area contributed by atoms with Crippen molar-refractivity contribution in [2.75, 3.05) is 0 Å². The van der Waals surface area contributed by atoms with Crippen LogP contribution in [0, 0.1) is 0 Å². The van der Waals surface area contributed by atoms with E-state index < -0.39 is 0 Å². The first kappa shape index (κ1) is 13.8. The lowest BCUT2D eigenvalue weighted by Gasteiger charge is -2.27. The van der Waals surface area contributed by atoms with Crippen molar-refractivity contribution in [3.8, 4) is 0 Å². The molecule has 82 valence electrons. The van der Waals surface area contributed by atoms with Crippen molar-refractivity contribution >= 4 is 34.4 Å². The van der Waals surface area contributed by atoms with Gasteiger partial charge in [-0.05, 0) is 41.5 Å². The second-order valence-corrected chi connectivity index (χ2v) is 6.22. The van der Waals surface area contributed by atoms with Crippen molar-refractivity contribution in [1.82, 2.24) is 10.6 Å². The molecule has 0 aliphatic rings. The molecular formula is C10H20N2S2. The molecule has 0 amide bonds. The van der Waals surface area contributed by atoms with E-state index in [1.165, 1.54) is 0 Å². The summed E-state index contributed by atoms with van der Waals surface area (Å²) in [4.78, 5) is 1.23. The fourth-order valence-corrected chi connectivity index (χ4v) is 1.51. The number of rotatable bonds is 0. The zero-order valence-corrected chi connectivity index (χ0v) is 11.4. The highest BCUT2D eigenvalue weighted by Gasteiger charge is 2.17. The van der Waals surface area contributed by atoms with E-state index in [9.17, 15) is 0 Å². The summed E-state index contributed by atoms with van der Waals surface area (Å²) in [6, 6.07) is 0. The third-order valence-electron chi connectivity index (χ3n) is 1.18. The van der Waals surface area contributed by atoms with E-state index in [0.717, 1.165) is 0 Å². The normalized spacial score (nSPS) is 12.1. The Morgan fingerprint density at radius 2 is 0.929 bits per heavy atom. The van der Waals surface area contributed by atoms with E-state index in [1.54, 1.807) is 0 Å². The van der Waals surface area contributed by atoms with Crippen LogP contribution in [0.2, 0.25) is 0 Å². The Balaban J connectivity index is 4.22. The molecule has 0 saturated carbocycles. The number of hydrogen-bond donors (Lipinski definition) is 2. The van der Waals surface area contributed by atoms with Gasteiger partial charge in [0.05, 0.1) is 0 Å². The molecule has 4 heteroatoms. The second-order valence-electron chi connectivity index (χ2n) is 5.41. The third kappa shape index (κ3) is 7.21. The molecule has 0 aromatic rings. The molecule has 2 nitrogen and oxygen atoms in total. The number of nitrogens with one attached hydrogen (secondary N) is 2. The summed E-state index contributed by atoms with van der Waals surface area (Å²) in [6.07, 6.45) is 0. The number of hydrogen-bond acceptors (Lipinski definition) is 2. The SMILES string of the molecule is CC(C)(C)NC(=S)C(=S)NC(C)(C)C. The summed E-state index contributed by atoms with van der Waals surface area (Å²) in [5.41, 5.74) is -0.0819. The minimum Gasteiger partial charge on any atom is -0.369 e. The van der Waals surface area contributed by atoms with Crippen LogP contribution in [0.15, 0.2) is 0 Å². The molecule has 0 aromatic carbocycles. The zero-order chi connectivity index (χ0) is 11.6. The highest BCUT2D eigenvalue weighted by atomic mass is 32.1. The molecule has 0 fully saturated rings. The molecule has 0 atom stereocenters. The molecule has 0 rings (SSSR count). The quantitative estimate of drug-likeness (QED) is 0.626. The fraction of sp³-hybridized carbons (Fsp3) is 0.800. The maximum Gasteiger partial charge on any atom is 0.134 e. The predicted molar refractivity (Wildman–Crippen MR) is 71.0 cm³/mol. The molecule has 0 aliphatic heterocycles. The van der Waals surface area contributed by atoms with E-state index in [1.807, 2.05) is 0 Å². The lowest BCUT2D eigenvalue weighted by Crippen LogP contribution is -2.50. The average Bonchev–Trinajstić information content (AvgIpc) is 1.78. The van der Waals surface area contributed by atoms with E-state index >= 15 is 0 Å². The van der Waals surface area contributed by atoms with Crippen molar-refractivity contribution in [3.05, 3.63) is 0 Å². The van der Waals surface area contributed by atoms with Crippen LogP contribution in [0.1, 0.15) is 41.5 Å². The zero-order valence-electron chi connectivity index (χ0n) is 9.82. The summed E-state index contributed by atoms with van der Waals surface area (Å²) in [7, 11) is 0. The van der Waals surface area contributed by atoms with Crippen molar-refractivity contribution in [2.45, 2.75) is 52.6 Å². The van der Waals surface area contributed by atoms with Gasteiger partial charge in [0.15, 0.2) is 0 Å². The van der Waals surface area contributed by atoms with E-state index in [-0.39, 0.29) is 11.1 Å². The molecule has 0 spiro atoms. The smallest absolute Gasteiger partial charge is 0.134 e. The summed E-state index contributed by atoms with van der Waals surface area (Å²) < 4.78 is 0. The van der Waals surface area contributed by atoms with Crippen LogP contribution in [-0.2, 0) is 0 Å². The summed E-state index contributed by atoms with van der Waals surface area (Å²) in [5.74, 6) is 0. The van der Waals surface area contributed by atoms with E-state index in [2.05, 4.69) is 52.2 Å². The van der Waals surface area contributed by atoms with Gasteiger partial charge in [-0.25, -0.2) is 0 Å². The van der Waals surface area contributed by atoms with Gasteiger partial charge in [-0.3, -0.25) is 0 Å². The summed E-state index contributed by atoms with van der Waals surface area (Å²) in [5, 5.41) is 6.34. The molecular weight excluding hydrogens is 212 g/mol. The molecule has 0 heterocycles. The monoisotopic (exact) mass is 232 g/mol. The largest absolute Gasteiger partial charge is 0.369 e. The van der Waals surface area contributed by atoms with Crippen LogP contribution in [0.25, 0.3) is 0 Å². The maximum absolute atomic E-state index is 5.18. The molecule has 0 radical (unpaired) electrons. The summed E-state index contributed by atoms with van der Waals surface area (Å²) in [6.45, 7) is 12.3. The van der Waals surface area contributed by atoms with Crippen molar-refractivity contribution in [3.63, 3.8) is 0 Å². The van der Waals surface area contributed by atoms with Gasteiger partial charge in [0.25, 0.3) is 0 Å². The maximum atomic E-state index is 5.18. The van der Waals surface area contributed by atoms with Crippen molar-refractivity contribution in [2.24, 2.45) is 0 Å². The first-order valence-electron chi connectivity index (χ1n) is 4.66. The molecule has 0 aromatic heterocycles. The van der Waals surface area contributed by atoms with Crippen LogP contribution in [0.3, 0.4) is 0 Å². The molecule has 0 aliphatic carbocycles. The Bertz CT molecular complexity index is 207. The van der Waals surface area contributed by atoms with Gasteiger partial charge in [0.1, 0.15) is 9.98 Å². The lowest BCUT2D eigenvalue weighted by atomic mass is 10.1. The Kier molecular flexibility index (Phi) is 4.46. The van der Waals surface area contributed by atoms with Gasteiger partial charge in [-0.2, -0.15) is 0 Å². The summed E-state index contributed by atoms with van der Waals surface area (Å²) >= 11 is 10.4. The second kappa shape index (κ2) is 4.53. The Labute approximate surface area is 97.8 Å². The van der Waals surface area contributed by atoms with Gasteiger partial charge >= 0.3 is 0 Å². The van der Waals surface area contributed by atoms with E-state index in [0.29, 0.717) is 9.98 Å². The molecule has 0 saturated heterocycles. The Hall–Kier alpha value is -0.220. The van der Waals surface area contributed by atoms with Crippen LogP contribution in [-0.4, -0.2) is 21.1 Å². The third-order valence-corrected chi connectivity index (χ3v) is 1.92. The van der Waals surface area contributed by atoms with Gasteiger partial charge in [0.2, 0.25) is 0 Å². The first-order chi connectivity index (χ1) is 6.01. The van der Waals surface area contributed by atoms with E-state index in [4.69, 9.17) is 24.4 Å². The minimum absolute atomic E-state index is 0.0410. The highest BCUT2D eigenvalue weighted by molar-refractivity contribution is 7.89. The number of thiocarbonyl (C=S) groups is 2. The molecule has 0 bridgehead atoms.